The van der Waals surface area contributed by atoms with Gasteiger partial charge in [-0.15, -0.1) is 0 Å². The molecule has 4 atom stereocenters. The molecule has 3 heteroatoms. The van der Waals surface area contributed by atoms with Crippen molar-refractivity contribution in [2.45, 2.75) is 54.5 Å². The van der Waals surface area contributed by atoms with Crippen LogP contribution in [-0.2, 0) is 15.5 Å². The summed E-state index contributed by atoms with van der Waals surface area (Å²) >= 11 is 0. The van der Waals surface area contributed by atoms with Gasteiger partial charge in [-0.1, -0.05) is 31.7 Å². The van der Waals surface area contributed by atoms with Crippen molar-refractivity contribution in [3.8, 4) is 0 Å². The Hall–Kier alpha value is -0.930. The van der Waals surface area contributed by atoms with Crippen LogP contribution < -0.4 is 0 Å². The van der Waals surface area contributed by atoms with Crippen molar-refractivity contribution in [2.75, 3.05) is 0 Å². The summed E-state index contributed by atoms with van der Waals surface area (Å²) in [5, 5.41) is 0.190. The lowest BCUT2D eigenvalue weighted by molar-refractivity contribution is 0.299. The fourth-order valence-electron chi connectivity index (χ4n) is 3.20. The first-order valence-corrected chi connectivity index (χ1v) is 8.20. The third-order valence-corrected chi connectivity index (χ3v) is 6.19. The van der Waals surface area contributed by atoms with Gasteiger partial charge in [-0.25, -0.2) is 0 Å². The molecule has 0 amide bonds. The highest BCUT2D eigenvalue weighted by Gasteiger charge is 2.58. The smallest absolute Gasteiger partial charge is 0.115 e. The molecule has 0 N–H and O–H groups in total. The average molecular weight is 276 g/mol. The fourth-order valence-corrected chi connectivity index (χ4v) is 4.71. The van der Waals surface area contributed by atoms with E-state index in [0.717, 1.165) is 36.2 Å². The van der Waals surface area contributed by atoms with Gasteiger partial charge in [0.05, 0.1) is 16.9 Å². The van der Waals surface area contributed by atoms with Crippen LogP contribution in [0.25, 0.3) is 0 Å². The summed E-state index contributed by atoms with van der Waals surface area (Å²) in [7, 11) is -0.933. The van der Waals surface area contributed by atoms with Gasteiger partial charge in [-0.2, -0.15) is 0 Å². The first kappa shape index (κ1) is 13.1. The third kappa shape index (κ3) is 2.19. The van der Waals surface area contributed by atoms with Gasteiger partial charge in [0.15, 0.2) is 0 Å². The highest BCUT2D eigenvalue weighted by atomic mass is 32.2. The van der Waals surface area contributed by atoms with Gasteiger partial charge in [0.25, 0.3) is 0 Å². The van der Waals surface area contributed by atoms with Crippen LogP contribution in [0, 0.1) is 0 Å². The van der Waals surface area contributed by atoms with Crippen LogP contribution in [-0.4, -0.2) is 21.2 Å². The predicted molar refractivity (Wildman–Crippen MR) is 77.5 cm³/mol. The highest BCUT2D eigenvalue weighted by Crippen LogP contribution is 2.51. The number of benzene rings is 1. The molecule has 1 saturated heterocycles. The monoisotopic (exact) mass is 276 g/mol. The van der Waals surface area contributed by atoms with E-state index >= 15 is 0 Å². The summed E-state index contributed by atoms with van der Waals surface area (Å²) < 4.78 is 18.5. The van der Waals surface area contributed by atoms with Gasteiger partial charge in [-0.3, -0.25) is 4.21 Å². The van der Waals surface area contributed by atoms with Crippen LogP contribution in [0.4, 0.5) is 0 Å². The Labute approximate surface area is 117 Å². The van der Waals surface area contributed by atoms with Gasteiger partial charge in [0.1, 0.15) is 5.60 Å². The molecule has 1 aliphatic carbocycles. The zero-order chi connectivity index (χ0) is 13.5. The molecule has 0 spiro atoms. The second kappa shape index (κ2) is 4.88. The number of hydrogen-bond donors (Lipinski definition) is 0. The lowest BCUT2D eigenvalue weighted by Gasteiger charge is -2.18. The summed E-state index contributed by atoms with van der Waals surface area (Å²) in [5.41, 5.74) is 1.06. The van der Waals surface area contributed by atoms with Crippen molar-refractivity contribution in [3.05, 3.63) is 42.5 Å². The van der Waals surface area contributed by atoms with E-state index in [4.69, 9.17) is 4.74 Å². The van der Waals surface area contributed by atoms with Crippen molar-refractivity contribution < 1.29 is 8.95 Å². The third-order valence-electron chi connectivity index (χ3n) is 4.44. The van der Waals surface area contributed by atoms with Gasteiger partial charge < -0.3 is 4.74 Å². The van der Waals surface area contributed by atoms with E-state index in [1.54, 1.807) is 0 Å². The van der Waals surface area contributed by atoms with E-state index in [1.165, 1.54) is 0 Å². The minimum absolute atomic E-state index is 0.0877. The SMILES string of the molecule is C=C1C[C@H](S(=O)c2ccccc2)CC[C@H]2O[C@@]12CC. The molecule has 2 aliphatic rings. The quantitative estimate of drug-likeness (QED) is 0.625. The van der Waals surface area contributed by atoms with Gasteiger partial charge >= 0.3 is 0 Å². The Bertz CT molecular complexity index is 511. The number of epoxide rings is 1. The lowest BCUT2D eigenvalue weighted by Crippen LogP contribution is -2.19. The van der Waals surface area contributed by atoms with Crippen molar-refractivity contribution in [2.24, 2.45) is 0 Å². The Morgan fingerprint density at radius 1 is 1.37 bits per heavy atom. The summed E-state index contributed by atoms with van der Waals surface area (Å²) in [4.78, 5) is 0.933. The molecule has 102 valence electrons. The van der Waals surface area contributed by atoms with Crippen molar-refractivity contribution in [1.82, 2.24) is 0 Å². The molecule has 0 radical (unpaired) electrons. The topological polar surface area (TPSA) is 29.6 Å². The highest BCUT2D eigenvalue weighted by molar-refractivity contribution is 7.85. The van der Waals surface area contributed by atoms with E-state index in [2.05, 4.69) is 13.5 Å². The van der Waals surface area contributed by atoms with Crippen molar-refractivity contribution in [1.29, 1.82) is 0 Å². The fraction of sp³-hybridized carbons (Fsp3) is 0.500. The normalized spacial score (nSPS) is 35.3. The maximum absolute atomic E-state index is 12.6. The molecule has 3 rings (SSSR count). The molecule has 2 fully saturated rings. The zero-order valence-electron chi connectivity index (χ0n) is 11.3. The molecule has 0 bridgehead atoms. The average Bonchev–Trinajstić information content (AvgIpc) is 3.18. The Morgan fingerprint density at radius 2 is 2.11 bits per heavy atom. The zero-order valence-corrected chi connectivity index (χ0v) is 12.1. The minimum Gasteiger partial charge on any atom is -0.361 e. The Balaban J connectivity index is 1.77. The molecule has 2 nitrogen and oxygen atoms in total. The summed E-state index contributed by atoms with van der Waals surface area (Å²) in [6, 6.07) is 9.77. The molecule has 0 aromatic heterocycles. The summed E-state index contributed by atoms with van der Waals surface area (Å²) in [6.45, 7) is 6.36. The lowest BCUT2D eigenvalue weighted by atomic mass is 9.92. The maximum Gasteiger partial charge on any atom is 0.115 e. The predicted octanol–water partition coefficient (Wildman–Crippen LogP) is 3.45. The summed E-state index contributed by atoms with van der Waals surface area (Å²) in [6.07, 6.45) is 4.11. The van der Waals surface area contributed by atoms with E-state index in [9.17, 15) is 4.21 Å². The molecule has 19 heavy (non-hydrogen) atoms. The molecule has 1 saturated carbocycles. The van der Waals surface area contributed by atoms with Crippen LogP contribution in [0.5, 0.6) is 0 Å². The van der Waals surface area contributed by atoms with Crippen LogP contribution in [0.2, 0.25) is 0 Å². The van der Waals surface area contributed by atoms with Gasteiger partial charge in [-0.05, 0) is 43.4 Å². The van der Waals surface area contributed by atoms with Crippen molar-refractivity contribution >= 4 is 10.8 Å². The van der Waals surface area contributed by atoms with E-state index < -0.39 is 10.8 Å². The molecule has 1 aliphatic heterocycles. The van der Waals surface area contributed by atoms with Crippen LogP contribution >= 0.6 is 0 Å². The number of fused-ring (bicyclic) bond motifs is 1. The van der Waals surface area contributed by atoms with Gasteiger partial charge in [0, 0.05) is 10.1 Å². The maximum atomic E-state index is 12.6. The Morgan fingerprint density at radius 3 is 2.79 bits per heavy atom. The van der Waals surface area contributed by atoms with E-state index in [-0.39, 0.29) is 10.9 Å². The molecular formula is C16H20O2S. The molecular weight excluding hydrogens is 256 g/mol. The van der Waals surface area contributed by atoms with Crippen LogP contribution in [0.3, 0.4) is 0 Å². The standard InChI is InChI=1S/C16H20O2S/c1-3-16-12(2)11-14(9-10-15(16)18-16)19(17)13-7-5-4-6-8-13/h4-8,14-15H,2-3,9-11H2,1H3/t14-,15-,16+,19?/m1/s1. The van der Waals surface area contributed by atoms with Gasteiger partial charge in [0.2, 0.25) is 0 Å². The molecule has 1 aromatic carbocycles. The van der Waals surface area contributed by atoms with Crippen LogP contribution in [0.15, 0.2) is 47.4 Å². The van der Waals surface area contributed by atoms with E-state index in [1.807, 2.05) is 30.3 Å². The Kier molecular flexibility index (Phi) is 3.35. The number of hydrogen-bond acceptors (Lipinski definition) is 2. The minimum atomic E-state index is -0.933. The first-order valence-electron chi connectivity index (χ1n) is 6.99. The molecule has 1 heterocycles. The largest absolute Gasteiger partial charge is 0.361 e. The summed E-state index contributed by atoms with van der Waals surface area (Å²) in [5.74, 6) is 0. The van der Waals surface area contributed by atoms with E-state index in [0.29, 0.717) is 6.10 Å². The number of rotatable bonds is 3. The van der Waals surface area contributed by atoms with Crippen LogP contribution in [0.1, 0.15) is 32.6 Å². The second-order valence-electron chi connectivity index (χ2n) is 5.47. The molecule has 1 unspecified atom stereocenters. The molecule has 1 aromatic rings. The first-order chi connectivity index (χ1) is 9.17. The van der Waals surface area contributed by atoms with Crippen molar-refractivity contribution in [3.63, 3.8) is 0 Å². The number of ether oxygens (including phenoxy) is 1. The second-order valence-corrected chi connectivity index (χ2v) is 7.20.